The summed E-state index contributed by atoms with van der Waals surface area (Å²) in [7, 11) is 0. The predicted octanol–water partition coefficient (Wildman–Crippen LogP) is 4.10. The van der Waals surface area contributed by atoms with E-state index in [4.69, 9.17) is 4.98 Å². The Morgan fingerprint density at radius 3 is 2.70 bits per heavy atom. The van der Waals surface area contributed by atoms with Crippen LogP contribution in [0.4, 0.5) is 10.9 Å². The Morgan fingerprint density at radius 2 is 1.97 bits per heavy atom. The molecule has 1 aliphatic heterocycles. The van der Waals surface area contributed by atoms with E-state index in [1.165, 1.54) is 23.3 Å². The molecule has 8 heteroatoms. The third-order valence-corrected chi connectivity index (χ3v) is 6.16. The molecule has 0 aliphatic carbocycles. The first-order valence-electron chi connectivity index (χ1n) is 10.6. The van der Waals surface area contributed by atoms with E-state index in [-0.39, 0.29) is 0 Å². The van der Waals surface area contributed by atoms with Crippen LogP contribution in [0.3, 0.4) is 0 Å². The number of aromatic nitrogens is 5. The molecule has 30 heavy (non-hydrogen) atoms. The van der Waals surface area contributed by atoms with Gasteiger partial charge >= 0.3 is 0 Å². The maximum absolute atomic E-state index is 4.70. The monoisotopic (exact) mass is 423 g/mol. The molecule has 0 saturated carbocycles. The van der Waals surface area contributed by atoms with Crippen LogP contribution in [0.15, 0.2) is 24.7 Å². The molecule has 7 nitrogen and oxygen atoms in total. The number of piperidine rings is 1. The summed E-state index contributed by atoms with van der Waals surface area (Å²) in [6.07, 6.45) is 10.1. The van der Waals surface area contributed by atoms with Crippen LogP contribution in [0.5, 0.6) is 0 Å². The summed E-state index contributed by atoms with van der Waals surface area (Å²) in [6.45, 7) is 9.21. The second-order valence-corrected chi connectivity index (χ2v) is 9.24. The van der Waals surface area contributed by atoms with Crippen LogP contribution in [0, 0.1) is 19.8 Å². The molecule has 0 unspecified atom stereocenters. The van der Waals surface area contributed by atoms with Crippen molar-refractivity contribution in [1.29, 1.82) is 0 Å². The normalized spacial score (nSPS) is 17.2. The van der Waals surface area contributed by atoms with Gasteiger partial charge < -0.3 is 5.32 Å². The lowest BCUT2D eigenvalue weighted by atomic mass is 9.93. The highest BCUT2D eigenvalue weighted by Crippen LogP contribution is 2.24. The fourth-order valence-electron chi connectivity index (χ4n) is 3.98. The smallest absolute Gasteiger partial charge is 0.188 e. The molecular weight excluding hydrogens is 394 g/mol. The minimum Gasteiger partial charge on any atom is -0.316 e. The first-order valence-corrected chi connectivity index (χ1v) is 11.4. The number of anilines is 2. The number of thiazole rings is 1. The van der Waals surface area contributed by atoms with Gasteiger partial charge in [0.2, 0.25) is 0 Å². The van der Waals surface area contributed by atoms with Crippen LogP contribution in [-0.2, 0) is 19.4 Å². The maximum Gasteiger partial charge on any atom is 0.188 e. The van der Waals surface area contributed by atoms with Crippen LogP contribution in [0.1, 0.15) is 47.5 Å². The van der Waals surface area contributed by atoms with Crippen molar-refractivity contribution in [1.82, 2.24) is 29.8 Å². The molecule has 1 atom stereocenters. The number of hydrogen-bond acceptors (Lipinski definition) is 8. The second kappa shape index (κ2) is 9.57. The maximum atomic E-state index is 4.70. The Labute approximate surface area is 182 Å². The van der Waals surface area contributed by atoms with Crippen molar-refractivity contribution in [3.05, 3.63) is 52.4 Å². The topological polar surface area (TPSA) is 79.7 Å². The third kappa shape index (κ3) is 5.58. The largest absolute Gasteiger partial charge is 0.316 e. The fourth-order valence-corrected chi connectivity index (χ4v) is 4.65. The molecular formula is C22H29N7S. The van der Waals surface area contributed by atoms with Gasteiger partial charge in [-0.2, -0.15) is 0 Å². The van der Waals surface area contributed by atoms with Gasteiger partial charge in [0.25, 0.3) is 0 Å². The average Bonchev–Trinajstić information content (AvgIpc) is 3.13. The Morgan fingerprint density at radius 1 is 1.13 bits per heavy atom. The van der Waals surface area contributed by atoms with Crippen molar-refractivity contribution >= 4 is 22.3 Å². The van der Waals surface area contributed by atoms with Crippen LogP contribution in [-0.4, -0.2) is 42.9 Å². The molecule has 0 spiro atoms. The van der Waals surface area contributed by atoms with Crippen LogP contribution < -0.4 is 5.32 Å². The van der Waals surface area contributed by atoms with Gasteiger partial charge in [0.15, 0.2) is 5.13 Å². The summed E-state index contributed by atoms with van der Waals surface area (Å²) in [5, 5.41) is 4.20. The lowest BCUT2D eigenvalue weighted by Crippen LogP contribution is -2.36. The second-order valence-electron chi connectivity index (χ2n) is 8.00. The molecule has 1 aliphatic rings. The molecule has 4 rings (SSSR count). The zero-order valence-corrected chi connectivity index (χ0v) is 18.7. The molecule has 3 aromatic heterocycles. The minimum absolute atomic E-state index is 0.596. The lowest BCUT2D eigenvalue weighted by Gasteiger charge is -2.32. The summed E-state index contributed by atoms with van der Waals surface area (Å²) < 4.78 is 0. The highest BCUT2D eigenvalue weighted by atomic mass is 32.1. The van der Waals surface area contributed by atoms with E-state index in [9.17, 15) is 0 Å². The van der Waals surface area contributed by atoms with Gasteiger partial charge in [0, 0.05) is 60.3 Å². The molecule has 1 saturated heterocycles. The van der Waals surface area contributed by atoms with Gasteiger partial charge in [-0.3, -0.25) is 4.90 Å². The summed E-state index contributed by atoms with van der Waals surface area (Å²) in [5.74, 6) is 3.13. The molecule has 158 valence electrons. The van der Waals surface area contributed by atoms with Crippen molar-refractivity contribution in [2.45, 2.75) is 53.0 Å². The lowest BCUT2D eigenvalue weighted by molar-refractivity contribution is 0.166. The van der Waals surface area contributed by atoms with Crippen LogP contribution in [0.2, 0.25) is 0 Å². The van der Waals surface area contributed by atoms with E-state index in [1.54, 1.807) is 11.3 Å². The molecule has 1 fully saturated rings. The number of nitrogens with zero attached hydrogens (tertiary/aromatic N) is 6. The summed E-state index contributed by atoms with van der Waals surface area (Å²) in [6, 6.07) is 2.07. The Balaban J connectivity index is 1.38. The molecule has 0 amide bonds. The minimum atomic E-state index is 0.596. The van der Waals surface area contributed by atoms with Gasteiger partial charge in [-0.25, -0.2) is 24.9 Å². The summed E-state index contributed by atoms with van der Waals surface area (Å²) in [4.78, 5) is 26.2. The zero-order chi connectivity index (χ0) is 20.9. The van der Waals surface area contributed by atoms with Gasteiger partial charge in [-0.1, -0.05) is 6.92 Å². The Hall–Kier alpha value is -2.45. The van der Waals surface area contributed by atoms with E-state index in [0.717, 1.165) is 60.8 Å². The number of likely N-dealkylation sites (tertiary alicyclic amines) is 1. The first kappa shape index (κ1) is 20.8. The predicted molar refractivity (Wildman–Crippen MR) is 120 cm³/mol. The first-order chi connectivity index (χ1) is 14.6. The number of nitrogens with one attached hydrogen (secondary N) is 1. The van der Waals surface area contributed by atoms with Gasteiger partial charge in [-0.15, -0.1) is 11.3 Å². The third-order valence-electron chi connectivity index (χ3n) is 5.33. The van der Waals surface area contributed by atoms with Crippen molar-refractivity contribution in [2.75, 3.05) is 18.4 Å². The van der Waals surface area contributed by atoms with E-state index in [0.29, 0.717) is 5.92 Å². The number of rotatable bonds is 7. The molecule has 4 heterocycles. The average molecular weight is 424 g/mol. The Kier molecular flexibility index (Phi) is 6.64. The van der Waals surface area contributed by atoms with Gasteiger partial charge in [-0.05, 0) is 45.6 Å². The van der Waals surface area contributed by atoms with Gasteiger partial charge in [0.05, 0.1) is 0 Å². The fraction of sp³-hybridized carbons (Fsp3) is 0.500. The van der Waals surface area contributed by atoms with Crippen molar-refractivity contribution in [3.8, 4) is 0 Å². The highest BCUT2D eigenvalue weighted by molar-refractivity contribution is 7.15. The Bertz CT molecular complexity index is 970. The SMILES string of the molecule is CCc1ncc(CN2CCC[C@@H](Cc3cc(Nc4ncc(C)s4)nc(C)n3)C2)cn1. The highest BCUT2D eigenvalue weighted by Gasteiger charge is 2.21. The van der Waals surface area contributed by atoms with Crippen LogP contribution in [0.25, 0.3) is 0 Å². The van der Waals surface area contributed by atoms with E-state index < -0.39 is 0 Å². The van der Waals surface area contributed by atoms with E-state index >= 15 is 0 Å². The standard InChI is InChI=1S/C22H29N7S/c1-4-20-23-11-18(12-24-20)14-29-7-5-6-17(13-29)8-19-9-21(27-16(3)26-19)28-22-25-10-15(2)30-22/h9-12,17H,4-8,13-14H2,1-3H3,(H,25,26,27,28)/t17-/m0/s1. The zero-order valence-electron chi connectivity index (χ0n) is 17.9. The molecule has 1 N–H and O–H groups in total. The number of aryl methyl sites for hydroxylation is 3. The van der Waals surface area contributed by atoms with Crippen molar-refractivity contribution in [3.63, 3.8) is 0 Å². The molecule has 0 bridgehead atoms. The quantitative estimate of drug-likeness (QED) is 0.613. The molecule has 3 aromatic rings. The summed E-state index contributed by atoms with van der Waals surface area (Å²) >= 11 is 1.63. The number of hydrogen-bond donors (Lipinski definition) is 1. The van der Waals surface area contributed by atoms with Gasteiger partial charge in [0.1, 0.15) is 17.5 Å². The van der Waals surface area contributed by atoms with E-state index in [1.807, 2.05) is 25.5 Å². The van der Waals surface area contributed by atoms with Crippen molar-refractivity contribution < 1.29 is 0 Å². The summed E-state index contributed by atoms with van der Waals surface area (Å²) in [5.41, 5.74) is 2.29. The van der Waals surface area contributed by atoms with Crippen molar-refractivity contribution in [2.24, 2.45) is 5.92 Å². The molecule has 0 aromatic carbocycles. The molecule has 0 radical (unpaired) electrons. The van der Waals surface area contributed by atoms with E-state index in [2.05, 4.69) is 50.1 Å². The van der Waals surface area contributed by atoms with Crippen LogP contribution >= 0.6 is 11.3 Å².